The summed E-state index contributed by atoms with van der Waals surface area (Å²) in [5, 5.41) is 1.95. The predicted molar refractivity (Wildman–Crippen MR) is 93.3 cm³/mol. The fourth-order valence-corrected chi connectivity index (χ4v) is 3.05. The molecule has 3 nitrogen and oxygen atoms in total. The van der Waals surface area contributed by atoms with E-state index in [1.165, 1.54) is 18.2 Å². The van der Waals surface area contributed by atoms with Gasteiger partial charge in [0.1, 0.15) is 13.6 Å². The monoisotopic (exact) mass is 306 g/mol. The second kappa shape index (κ2) is 5.15. The van der Waals surface area contributed by atoms with E-state index in [2.05, 4.69) is 26.0 Å². The van der Waals surface area contributed by atoms with Crippen LogP contribution in [0.2, 0.25) is 0 Å². The predicted octanol–water partition coefficient (Wildman–Crippen LogP) is 3.84. The first kappa shape index (κ1) is 15.7. The number of ether oxygens (including phenoxy) is 2. The molecule has 2 aromatic rings. The largest absolute Gasteiger partial charge is 0.492 e. The zero-order valence-electron chi connectivity index (χ0n) is 14.1. The quantitative estimate of drug-likeness (QED) is 0.593. The Kier molecular flexibility index (Phi) is 3.51. The summed E-state index contributed by atoms with van der Waals surface area (Å²) in [6.45, 7) is 7.84. The molecule has 3 rings (SSSR count). The summed E-state index contributed by atoms with van der Waals surface area (Å²) in [6.07, 6.45) is 3.61. The highest BCUT2D eigenvalue weighted by atomic mass is 16.5. The van der Waals surface area contributed by atoms with Crippen LogP contribution in [0.15, 0.2) is 18.2 Å². The van der Waals surface area contributed by atoms with Crippen molar-refractivity contribution in [1.29, 1.82) is 0 Å². The van der Waals surface area contributed by atoms with Crippen LogP contribution < -0.4 is 4.74 Å². The minimum absolute atomic E-state index is 0.368. The van der Waals surface area contributed by atoms with Gasteiger partial charge in [0.05, 0.1) is 18.2 Å². The summed E-state index contributed by atoms with van der Waals surface area (Å²) < 4.78 is 11.0. The molecule has 0 N–H and O–H groups in total. The smallest absolute Gasteiger partial charge is 0.338 e. The molecule has 23 heavy (non-hydrogen) atoms. The number of carbonyl (C=O) groups is 1. The van der Waals surface area contributed by atoms with E-state index in [0.29, 0.717) is 11.3 Å². The zero-order valence-corrected chi connectivity index (χ0v) is 14.1. The van der Waals surface area contributed by atoms with E-state index in [-0.39, 0.29) is 5.97 Å². The van der Waals surface area contributed by atoms with Crippen LogP contribution in [-0.2, 0) is 4.74 Å². The Hall–Kier alpha value is -2.23. The number of methoxy groups -OCH3 is 1. The number of esters is 1. The molecule has 116 valence electrons. The van der Waals surface area contributed by atoms with Crippen molar-refractivity contribution in [2.75, 3.05) is 7.11 Å². The molecule has 1 atom stereocenters. The molecule has 1 aliphatic heterocycles. The summed E-state index contributed by atoms with van der Waals surface area (Å²) in [5.74, 6) is 0.273. The second-order valence-corrected chi connectivity index (χ2v) is 6.34. The molecule has 1 heterocycles. The third kappa shape index (κ3) is 2.42. The van der Waals surface area contributed by atoms with Gasteiger partial charge in [0, 0.05) is 10.9 Å². The Bertz CT molecular complexity index is 863. The summed E-state index contributed by atoms with van der Waals surface area (Å²) in [6, 6.07) is 4.18. The molecule has 0 bridgehead atoms. The average molecular weight is 306 g/mol. The van der Waals surface area contributed by atoms with Crippen molar-refractivity contribution in [3.8, 4) is 5.75 Å². The number of carbonyl (C=O) groups excluding carboxylic acids is 1. The molecule has 0 aliphatic carbocycles. The number of rotatable bonds is 1. The summed E-state index contributed by atoms with van der Waals surface area (Å²) in [4.78, 5) is 12.3. The van der Waals surface area contributed by atoms with E-state index in [9.17, 15) is 4.79 Å². The number of hydrogen-bond donors (Lipinski definition) is 0. The van der Waals surface area contributed by atoms with Gasteiger partial charge < -0.3 is 9.47 Å². The Balaban J connectivity index is 2.48. The van der Waals surface area contributed by atoms with Crippen molar-refractivity contribution in [2.45, 2.75) is 33.2 Å². The zero-order chi connectivity index (χ0) is 16.9. The number of aryl methyl sites for hydroxylation is 3. The van der Waals surface area contributed by atoms with Gasteiger partial charge in [-0.25, -0.2) is 4.79 Å². The van der Waals surface area contributed by atoms with Gasteiger partial charge in [-0.05, 0) is 55.8 Å². The van der Waals surface area contributed by atoms with E-state index in [4.69, 9.17) is 17.3 Å². The van der Waals surface area contributed by atoms with E-state index in [0.717, 1.165) is 21.9 Å². The second-order valence-electron chi connectivity index (χ2n) is 6.34. The van der Waals surface area contributed by atoms with Gasteiger partial charge in [-0.3, -0.25) is 0 Å². The van der Waals surface area contributed by atoms with Crippen molar-refractivity contribution < 1.29 is 14.3 Å². The number of fused-ring (bicyclic) bond motifs is 3. The first-order valence-corrected chi connectivity index (χ1v) is 7.58. The molecular weight excluding hydrogens is 287 g/mol. The Morgan fingerprint density at radius 1 is 1.17 bits per heavy atom. The maximum atomic E-state index is 12.3. The molecule has 0 amide bonds. The van der Waals surface area contributed by atoms with Crippen LogP contribution in [-0.4, -0.2) is 26.4 Å². The molecule has 0 fully saturated rings. The lowest BCUT2D eigenvalue weighted by molar-refractivity contribution is 0.0599. The van der Waals surface area contributed by atoms with E-state index in [1.54, 1.807) is 13.0 Å². The van der Waals surface area contributed by atoms with Crippen LogP contribution >= 0.6 is 0 Å². The summed E-state index contributed by atoms with van der Waals surface area (Å²) in [5.41, 5.74) is 3.59. The van der Waals surface area contributed by atoms with Gasteiger partial charge >= 0.3 is 5.97 Å². The van der Waals surface area contributed by atoms with Crippen molar-refractivity contribution in [3.05, 3.63) is 46.0 Å². The molecule has 2 radical (unpaired) electrons. The normalized spacial score (nSPS) is 19.3. The molecule has 1 aliphatic rings. The third-order valence-corrected chi connectivity index (χ3v) is 4.46. The van der Waals surface area contributed by atoms with Crippen molar-refractivity contribution in [3.63, 3.8) is 0 Å². The third-order valence-electron chi connectivity index (χ3n) is 4.46. The average Bonchev–Trinajstić information content (AvgIpc) is 2.49. The van der Waals surface area contributed by atoms with Crippen LogP contribution in [0.4, 0.5) is 0 Å². The highest BCUT2D eigenvalue weighted by Gasteiger charge is 2.29. The standard InChI is InChI=1S/C19H19BO3/c1-10-8-14-12(3)16(18(21)22-5)13-6-7-19(4,20)23-17(13)15(14)9-11(10)2/h6-9H,1-5H3. The Morgan fingerprint density at radius 3 is 2.39 bits per heavy atom. The highest BCUT2D eigenvalue weighted by molar-refractivity contribution is 6.17. The van der Waals surface area contributed by atoms with Crippen LogP contribution in [0.25, 0.3) is 16.8 Å². The maximum Gasteiger partial charge on any atom is 0.338 e. The molecule has 0 saturated heterocycles. The van der Waals surface area contributed by atoms with E-state index in [1.807, 2.05) is 13.0 Å². The number of benzene rings is 2. The molecule has 0 aromatic heterocycles. The first-order valence-electron chi connectivity index (χ1n) is 7.58. The topological polar surface area (TPSA) is 35.5 Å². The van der Waals surface area contributed by atoms with Crippen LogP contribution in [0.5, 0.6) is 5.75 Å². The Morgan fingerprint density at radius 2 is 1.78 bits per heavy atom. The highest BCUT2D eigenvalue weighted by Crippen LogP contribution is 2.42. The molecule has 0 saturated carbocycles. The van der Waals surface area contributed by atoms with E-state index >= 15 is 0 Å². The van der Waals surface area contributed by atoms with Crippen molar-refractivity contribution >= 4 is 30.7 Å². The van der Waals surface area contributed by atoms with Gasteiger partial charge in [0.25, 0.3) is 0 Å². The fourth-order valence-electron chi connectivity index (χ4n) is 3.05. The molecule has 0 spiro atoms. The lowest BCUT2D eigenvalue weighted by Crippen LogP contribution is -2.32. The molecule has 4 heteroatoms. The summed E-state index contributed by atoms with van der Waals surface area (Å²) in [7, 11) is 7.51. The van der Waals surface area contributed by atoms with Gasteiger partial charge in [0.2, 0.25) is 0 Å². The SMILES string of the molecule is [B]C1(C)C=Cc2c(C(=O)OC)c(C)c3cc(C)c(C)cc3c2O1. The summed E-state index contributed by atoms with van der Waals surface area (Å²) >= 11 is 0. The minimum Gasteiger partial charge on any atom is -0.492 e. The molecule has 1 unspecified atom stereocenters. The van der Waals surface area contributed by atoms with Gasteiger partial charge in [0.15, 0.2) is 0 Å². The molecular formula is C19H19BO3. The Labute approximate surface area is 137 Å². The van der Waals surface area contributed by atoms with Crippen LogP contribution in [0.1, 0.15) is 39.5 Å². The van der Waals surface area contributed by atoms with Crippen molar-refractivity contribution in [1.82, 2.24) is 0 Å². The lowest BCUT2D eigenvalue weighted by Gasteiger charge is -2.31. The van der Waals surface area contributed by atoms with Crippen LogP contribution in [0, 0.1) is 20.8 Å². The first-order chi connectivity index (χ1) is 10.7. The van der Waals surface area contributed by atoms with Gasteiger partial charge in [-0.2, -0.15) is 0 Å². The molecule has 2 aromatic carbocycles. The fraction of sp³-hybridized carbons (Fsp3) is 0.316. The van der Waals surface area contributed by atoms with Gasteiger partial charge in [-0.1, -0.05) is 18.2 Å². The maximum absolute atomic E-state index is 12.3. The minimum atomic E-state index is -0.901. The van der Waals surface area contributed by atoms with Crippen LogP contribution in [0.3, 0.4) is 0 Å². The lowest BCUT2D eigenvalue weighted by atomic mass is 9.79. The van der Waals surface area contributed by atoms with Crippen molar-refractivity contribution in [2.24, 2.45) is 0 Å². The van der Waals surface area contributed by atoms with Gasteiger partial charge in [-0.15, -0.1) is 0 Å². The number of hydrogen-bond acceptors (Lipinski definition) is 3. The van der Waals surface area contributed by atoms with E-state index < -0.39 is 5.50 Å².